The Morgan fingerprint density at radius 2 is 1.90 bits per heavy atom. The predicted molar refractivity (Wildman–Crippen MR) is 121 cm³/mol. The van der Waals surface area contributed by atoms with Crippen LogP contribution >= 0.6 is 0 Å². The maximum Gasteiger partial charge on any atom is 0.227 e. The molecule has 31 heavy (non-hydrogen) atoms. The highest BCUT2D eigenvalue weighted by Crippen LogP contribution is 2.28. The first-order valence-corrected chi connectivity index (χ1v) is 11.1. The van der Waals surface area contributed by atoms with E-state index in [-0.39, 0.29) is 11.8 Å². The van der Waals surface area contributed by atoms with Gasteiger partial charge in [0.25, 0.3) is 0 Å². The number of hydrogen-bond acceptors (Lipinski definition) is 5. The number of anilines is 2. The summed E-state index contributed by atoms with van der Waals surface area (Å²) in [6.07, 6.45) is 8.28. The van der Waals surface area contributed by atoms with Gasteiger partial charge in [0.1, 0.15) is 17.5 Å². The first kappa shape index (κ1) is 21.0. The second-order valence-corrected chi connectivity index (χ2v) is 8.14. The molecule has 1 aliphatic heterocycles. The van der Waals surface area contributed by atoms with Crippen molar-refractivity contribution in [3.05, 3.63) is 66.5 Å². The molecule has 162 valence electrons. The van der Waals surface area contributed by atoms with Crippen LogP contribution in [-0.4, -0.2) is 43.4 Å². The van der Waals surface area contributed by atoms with Gasteiger partial charge >= 0.3 is 0 Å². The molecular formula is C24H30N6O. The zero-order valence-electron chi connectivity index (χ0n) is 18.2. The Balaban J connectivity index is 1.33. The third-order valence-corrected chi connectivity index (χ3v) is 5.93. The Kier molecular flexibility index (Phi) is 6.60. The van der Waals surface area contributed by atoms with Crippen LogP contribution in [-0.2, 0) is 17.8 Å². The summed E-state index contributed by atoms with van der Waals surface area (Å²) in [6, 6.07) is 11.8. The number of aryl methyl sites for hydroxylation is 1. The molecule has 1 amide bonds. The minimum absolute atomic E-state index is 0.0555. The van der Waals surface area contributed by atoms with Crippen molar-refractivity contribution >= 4 is 17.5 Å². The molecule has 3 aromatic rings. The number of rotatable bonds is 7. The summed E-state index contributed by atoms with van der Waals surface area (Å²) in [7, 11) is 0. The van der Waals surface area contributed by atoms with Crippen LogP contribution in [0.15, 0.2) is 55.0 Å². The highest BCUT2D eigenvalue weighted by atomic mass is 16.2. The second kappa shape index (κ2) is 9.73. The molecule has 1 aliphatic rings. The SMILES string of the molecule is CCc1nccn1C[C@@H](C)C(=O)N1CCC(c2cccc(Nc3ccccn3)n2)CC1. The standard InChI is InChI=1S/C24H30N6O/c1-3-23-26-13-16-30(23)17-18(2)24(31)29-14-10-19(11-15-29)20-7-6-9-22(27-20)28-21-8-4-5-12-25-21/h4-9,12-13,16,18-19H,3,10-11,14-15,17H2,1-2H3,(H,25,27,28)/t18-/m1/s1. The highest BCUT2D eigenvalue weighted by molar-refractivity contribution is 5.78. The van der Waals surface area contributed by atoms with E-state index in [1.54, 1.807) is 6.20 Å². The number of imidazole rings is 1. The molecule has 0 aromatic carbocycles. The molecule has 1 fully saturated rings. The molecule has 4 heterocycles. The smallest absolute Gasteiger partial charge is 0.227 e. The number of amides is 1. The monoisotopic (exact) mass is 418 g/mol. The van der Waals surface area contributed by atoms with Crippen molar-refractivity contribution in [1.82, 2.24) is 24.4 Å². The van der Waals surface area contributed by atoms with Gasteiger partial charge < -0.3 is 14.8 Å². The van der Waals surface area contributed by atoms with E-state index >= 15 is 0 Å². The van der Waals surface area contributed by atoms with Crippen LogP contribution in [0.3, 0.4) is 0 Å². The molecule has 3 aromatic heterocycles. The molecule has 4 rings (SSSR count). The lowest BCUT2D eigenvalue weighted by Crippen LogP contribution is -2.41. The van der Waals surface area contributed by atoms with Crippen LogP contribution < -0.4 is 5.32 Å². The van der Waals surface area contributed by atoms with Gasteiger partial charge in [-0.05, 0) is 37.1 Å². The Bertz CT molecular complexity index is 994. The van der Waals surface area contributed by atoms with E-state index in [9.17, 15) is 4.79 Å². The normalized spacial score (nSPS) is 15.6. The number of carbonyl (C=O) groups excluding carboxylic acids is 1. The second-order valence-electron chi connectivity index (χ2n) is 8.14. The first-order chi connectivity index (χ1) is 15.1. The number of carbonyl (C=O) groups is 1. The zero-order valence-corrected chi connectivity index (χ0v) is 18.2. The lowest BCUT2D eigenvalue weighted by Gasteiger charge is -2.33. The Morgan fingerprint density at radius 3 is 2.65 bits per heavy atom. The van der Waals surface area contributed by atoms with Crippen LogP contribution in [0.5, 0.6) is 0 Å². The number of aromatic nitrogens is 4. The minimum atomic E-state index is -0.0555. The minimum Gasteiger partial charge on any atom is -0.342 e. The Labute approximate surface area is 183 Å². The van der Waals surface area contributed by atoms with E-state index in [0.29, 0.717) is 12.5 Å². The predicted octanol–water partition coefficient (Wildman–Crippen LogP) is 4.02. The maximum atomic E-state index is 13.0. The van der Waals surface area contributed by atoms with Crippen molar-refractivity contribution in [2.45, 2.75) is 45.6 Å². The van der Waals surface area contributed by atoms with Gasteiger partial charge in [0.15, 0.2) is 0 Å². The van der Waals surface area contributed by atoms with Crippen LogP contribution in [0.4, 0.5) is 11.6 Å². The van der Waals surface area contributed by atoms with Crippen LogP contribution in [0.25, 0.3) is 0 Å². The molecule has 0 aliphatic carbocycles. The van der Waals surface area contributed by atoms with E-state index in [1.165, 1.54) is 0 Å². The quantitative estimate of drug-likeness (QED) is 0.627. The van der Waals surface area contributed by atoms with E-state index in [4.69, 9.17) is 4.98 Å². The van der Waals surface area contributed by atoms with Gasteiger partial charge in [-0.25, -0.2) is 15.0 Å². The van der Waals surface area contributed by atoms with E-state index in [2.05, 4.69) is 32.8 Å². The molecule has 1 N–H and O–H groups in total. The lowest BCUT2D eigenvalue weighted by molar-refractivity contribution is -0.136. The van der Waals surface area contributed by atoms with Crippen LogP contribution in [0.2, 0.25) is 0 Å². The molecule has 0 saturated carbocycles. The molecular weight excluding hydrogens is 388 g/mol. The van der Waals surface area contributed by atoms with Gasteiger partial charge in [-0.1, -0.05) is 26.0 Å². The van der Waals surface area contributed by atoms with E-state index in [0.717, 1.165) is 55.5 Å². The first-order valence-electron chi connectivity index (χ1n) is 11.1. The third-order valence-electron chi connectivity index (χ3n) is 5.93. The number of likely N-dealkylation sites (tertiary alicyclic amines) is 1. The largest absolute Gasteiger partial charge is 0.342 e. The Morgan fingerprint density at radius 1 is 1.10 bits per heavy atom. The molecule has 0 radical (unpaired) electrons. The maximum absolute atomic E-state index is 13.0. The van der Waals surface area contributed by atoms with Gasteiger partial charge in [-0.2, -0.15) is 0 Å². The summed E-state index contributed by atoms with van der Waals surface area (Å²) >= 11 is 0. The fraction of sp³-hybridized carbons (Fsp3) is 0.417. The van der Waals surface area contributed by atoms with Gasteiger partial charge in [-0.15, -0.1) is 0 Å². The van der Waals surface area contributed by atoms with Crippen molar-refractivity contribution in [2.24, 2.45) is 5.92 Å². The molecule has 7 nitrogen and oxygen atoms in total. The topological polar surface area (TPSA) is 75.9 Å². The summed E-state index contributed by atoms with van der Waals surface area (Å²) in [6.45, 7) is 6.34. The van der Waals surface area contributed by atoms with Gasteiger partial charge in [0.05, 0.1) is 5.92 Å². The average Bonchev–Trinajstić information content (AvgIpc) is 3.26. The molecule has 0 bridgehead atoms. The molecule has 1 saturated heterocycles. The van der Waals surface area contributed by atoms with Crippen LogP contribution in [0.1, 0.15) is 44.1 Å². The number of nitrogens with one attached hydrogen (secondary N) is 1. The summed E-state index contributed by atoms with van der Waals surface area (Å²) in [4.78, 5) is 28.5. The number of piperidine rings is 1. The summed E-state index contributed by atoms with van der Waals surface area (Å²) in [5.41, 5.74) is 1.08. The van der Waals surface area contributed by atoms with Gasteiger partial charge in [0, 0.05) is 56.3 Å². The molecule has 0 unspecified atom stereocenters. The van der Waals surface area contributed by atoms with Gasteiger partial charge in [-0.3, -0.25) is 4.79 Å². The van der Waals surface area contributed by atoms with Crippen LogP contribution in [0, 0.1) is 5.92 Å². The van der Waals surface area contributed by atoms with Crippen molar-refractivity contribution in [1.29, 1.82) is 0 Å². The zero-order chi connectivity index (χ0) is 21.6. The third kappa shape index (κ3) is 5.10. The van der Waals surface area contributed by atoms with E-state index < -0.39 is 0 Å². The van der Waals surface area contributed by atoms with Gasteiger partial charge in [0.2, 0.25) is 5.91 Å². The molecule has 7 heteroatoms. The summed E-state index contributed by atoms with van der Waals surface area (Å²) in [5, 5.41) is 3.26. The fourth-order valence-electron chi connectivity index (χ4n) is 4.22. The van der Waals surface area contributed by atoms with Crippen molar-refractivity contribution in [3.63, 3.8) is 0 Å². The average molecular weight is 419 g/mol. The van der Waals surface area contributed by atoms with E-state index in [1.807, 2.05) is 54.5 Å². The van der Waals surface area contributed by atoms with Crippen molar-refractivity contribution in [2.75, 3.05) is 18.4 Å². The van der Waals surface area contributed by atoms with Crippen molar-refractivity contribution < 1.29 is 4.79 Å². The highest BCUT2D eigenvalue weighted by Gasteiger charge is 2.27. The number of hydrogen-bond donors (Lipinski definition) is 1. The lowest BCUT2D eigenvalue weighted by atomic mass is 9.92. The van der Waals surface area contributed by atoms with Crippen molar-refractivity contribution in [3.8, 4) is 0 Å². The Hall–Kier alpha value is -3.22. The molecule has 1 atom stereocenters. The number of pyridine rings is 2. The summed E-state index contributed by atoms with van der Waals surface area (Å²) in [5.74, 6) is 3.16. The summed E-state index contributed by atoms with van der Waals surface area (Å²) < 4.78 is 2.10. The number of nitrogens with zero attached hydrogens (tertiary/aromatic N) is 5. The molecule has 0 spiro atoms. The fourth-order valence-corrected chi connectivity index (χ4v) is 4.22.